The average molecular weight is 268 g/mol. The molecular weight excluding hydrogens is 240 g/mol. The van der Waals surface area contributed by atoms with Crippen LogP contribution in [0.15, 0.2) is 30.3 Å². The van der Waals surface area contributed by atoms with Crippen molar-refractivity contribution in [1.82, 2.24) is 0 Å². The molecule has 3 nitrogen and oxygen atoms in total. The summed E-state index contributed by atoms with van der Waals surface area (Å²) in [6, 6.07) is 10.0. The van der Waals surface area contributed by atoms with Gasteiger partial charge >= 0.3 is 0 Å². The number of Topliss-reactive ketones (excluding diaryl/α,β-unsaturated/α-hetero) is 1. The highest BCUT2D eigenvalue weighted by atomic mass is 16.5. The van der Waals surface area contributed by atoms with E-state index in [0.29, 0.717) is 19.6 Å². The van der Waals surface area contributed by atoms with Crippen molar-refractivity contribution in [3.8, 4) is 0 Å². The third kappa shape index (κ3) is 9.40. The first-order valence-electron chi connectivity index (χ1n) is 5.86. The van der Waals surface area contributed by atoms with Gasteiger partial charge in [0.1, 0.15) is 5.78 Å². The highest BCUT2D eigenvalue weighted by Crippen LogP contribution is 2.06. The van der Waals surface area contributed by atoms with E-state index in [-0.39, 0.29) is 26.7 Å². The maximum absolute atomic E-state index is 10.9. The molecule has 0 saturated carbocycles. The van der Waals surface area contributed by atoms with Gasteiger partial charge in [0.05, 0.1) is 12.7 Å². The number of ketones is 1. The highest BCUT2D eigenvalue weighted by molar-refractivity contribution is 5.75. The van der Waals surface area contributed by atoms with Crippen molar-refractivity contribution >= 4 is 5.78 Å². The second-order valence-electron chi connectivity index (χ2n) is 4.09. The van der Waals surface area contributed by atoms with Crippen LogP contribution in [0.1, 0.15) is 40.2 Å². The summed E-state index contributed by atoms with van der Waals surface area (Å²) in [6.45, 7) is 2.80. The average Bonchev–Trinajstić information content (AvgIpc) is 2.34. The molecule has 0 heterocycles. The van der Waals surface area contributed by atoms with Crippen molar-refractivity contribution < 1.29 is 14.3 Å². The van der Waals surface area contributed by atoms with E-state index >= 15 is 0 Å². The van der Waals surface area contributed by atoms with E-state index in [9.17, 15) is 4.79 Å². The third-order valence-corrected chi connectivity index (χ3v) is 2.54. The molecule has 0 spiro atoms. The van der Waals surface area contributed by atoms with Crippen LogP contribution in [0, 0.1) is 0 Å². The lowest BCUT2D eigenvalue weighted by Crippen LogP contribution is -2.17. The SMILES string of the molecule is C.C.COC(CCOCc1ccccc1)CC(C)=O. The number of benzene rings is 1. The van der Waals surface area contributed by atoms with E-state index in [0.717, 1.165) is 12.0 Å². The van der Waals surface area contributed by atoms with Crippen molar-refractivity contribution in [2.45, 2.75) is 47.3 Å². The molecule has 0 amide bonds. The summed E-state index contributed by atoms with van der Waals surface area (Å²) >= 11 is 0. The maximum atomic E-state index is 10.9. The summed E-state index contributed by atoms with van der Waals surface area (Å²) in [7, 11) is 1.63. The monoisotopic (exact) mass is 268 g/mol. The topological polar surface area (TPSA) is 35.5 Å². The van der Waals surface area contributed by atoms with Gasteiger partial charge in [0.25, 0.3) is 0 Å². The molecule has 1 unspecified atom stereocenters. The number of hydrogen-bond acceptors (Lipinski definition) is 3. The van der Waals surface area contributed by atoms with Gasteiger partial charge in [-0.05, 0) is 18.9 Å². The Labute approximate surface area is 117 Å². The molecular formula is C16H28O3. The lowest BCUT2D eigenvalue weighted by molar-refractivity contribution is -0.119. The number of rotatable bonds is 8. The zero-order chi connectivity index (χ0) is 12.5. The molecule has 3 heteroatoms. The van der Waals surface area contributed by atoms with Crippen LogP contribution in [0.2, 0.25) is 0 Å². The molecule has 0 radical (unpaired) electrons. The molecule has 110 valence electrons. The molecule has 0 aliphatic rings. The van der Waals surface area contributed by atoms with E-state index in [4.69, 9.17) is 9.47 Å². The van der Waals surface area contributed by atoms with Gasteiger partial charge in [-0.2, -0.15) is 0 Å². The first-order valence-corrected chi connectivity index (χ1v) is 5.86. The van der Waals surface area contributed by atoms with Gasteiger partial charge in [0.2, 0.25) is 0 Å². The first-order chi connectivity index (χ1) is 8.22. The second-order valence-corrected chi connectivity index (χ2v) is 4.09. The molecule has 0 aromatic heterocycles. The number of methoxy groups -OCH3 is 1. The highest BCUT2D eigenvalue weighted by Gasteiger charge is 2.09. The summed E-state index contributed by atoms with van der Waals surface area (Å²) in [5, 5.41) is 0. The molecule has 1 aromatic carbocycles. The Balaban J connectivity index is 0. The van der Waals surface area contributed by atoms with Crippen molar-refractivity contribution in [2.75, 3.05) is 13.7 Å². The summed E-state index contributed by atoms with van der Waals surface area (Å²) < 4.78 is 10.8. The fourth-order valence-electron chi connectivity index (χ4n) is 1.60. The van der Waals surface area contributed by atoms with Crippen molar-refractivity contribution in [3.05, 3.63) is 35.9 Å². The number of carbonyl (C=O) groups excluding carboxylic acids is 1. The predicted octanol–water partition coefficient (Wildman–Crippen LogP) is 3.86. The van der Waals surface area contributed by atoms with Gasteiger partial charge in [0.15, 0.2) is 0 Å². The molecule has 0 fully saturated rings. The standard InChI is InChI=1S/C14H20O3.2CH4/c1-12(15)10-14(16-2)8-9-17-11-13-6-4-3-5-7-13;;/h3-7,14H,8-11H2,1-2H3;2*1H4. The Bertz CT molecular complexity index is 322. The van der Waals surface area contributed by atoms with Crippen LogP contribution >= 0.6 is 0 Å². The Morgan fingerprint density at radius 1 is 1.21 bits per heavy atom. The van der Waals surface area contributed by atoms with Gasteiger partial charge in [-0.15, -0.1) is 0 Å². The lowest BCUT2D eigenvalue weighted by Gasteiger charge is -2.13. The van der Waals surface area contributed by atoms with E-state index in [1.807, 2.05) is 30.3 Å². The second kappa shape index (κ2) is 11.9. The van der Waals surface area contributed by atoms with Crippen LogP contribution in [0.25, 0.3) is 0 Å². The molecule has 1 atom stereocenters. The molecule has 0 bridgehead atoms. The Kier molecular flexibility index (Phi) is 12.6. The fraction of sp³-hybridized carbons (Fsp3) is 0.562. The number of ether oxygens (including phenoxy) is 2. The Morgan fingerprint density at radius 3 is 2.37 bits per heavy atom. The molecule has 0 N–H and O–H groups in total. The van der Waals surface area contributed by atoms with Gasteiger partial charge in [0, 0.05) is 20.1 Å². The van der Waals surface area contributed by atoms with Crippen LogP contribution < -0.4 is 0 Å². The first kappa shape index (κ1) is 20.1. The quantitative estimate of drug-likeness (QED) is 0.672. The van der Waals surface area contributed by atoms with Crippen molar-refractivity contribution in [1.29, 1.82) is 0 Å². The molecule has 0 saturated heterocycles. The molecule has 0 aliphatic heterocycles. The van der Waals surface area contributed by atoms with Crippen molar-refractivity contribution in [2.24, 2.45) is 0 Å². The third-order valence-electron chi connectivity index (χ3n) is 2.54. The Morgan fingerprint density at radius 2 is 1.84 bits per heavy atom. The van der Waals surface area contributed by atoms with Gasteiger partial charge in [-0.3, -0.25) is 4.79 Å². The minimum absolute atomic E-state index is 0. The molecule has 1 aromatic rings. The maximum Gasteiger partial charge on any atom is 0.132 e. The van der Waals surface area contributed by atoms with E-state index in [1.54, 1.807) is 14.0 Å². The van der Waals surface area contributed by atoms with Gasteiger partial charge in [-0.25, -0.2) is 0 Å². The van der Waals surface area contributed by atoms with Crippen LogP contribution in [-0.4, -0.2) is 25.6 Å². The zero-order valence-electron chi connectivity index (χ0n) is 10.5. The van der Waals surface area contributed by atoms with E-state index in [1.165, 1.54) is 0 Å². The smallest absolute Gasteiger partial charge is 0.132 e. The number of carbonyl (C=O) groups is 1. The summed E-state index contributed by atoms with van der Waals surface area (Å²) in [4.78, 5) is 10.9. The minimum atomic E-state index is -0.0247. The molecule has 19 heavy (non-hydrogen) atoms. The summed E-state index contributed by atoms with van der Waals surface area (Å²) in [5.41, 5.74) is 1.16. The van der Waals surface area contributed by atoms with Gasteiger partial charge in [-0.1, -0.05) is 45.2 Å². The van der Waals surface area contributed by atoms with Crippen LogP contribution in [0.3, 0.4) is 0 Å². The van der Waals surface area contributed by atoms with Crippen LogP contribution in [0.5, 0.6) is 0 Å². The van der Waals surface area contributed by atoms with Crippen molar-refractivity contribution in [3.63, 3.8) is 0 Å². The molecule has 1 rings (SSSR count). The minimum Gasteiger partial charge on any atom is -0.381 e. The fourth-order valence-corrected chi connectivity index (χ4v) is 1.60. The normalized spacial score (nSPS) is 11.1. The Hall–Kier alpha value is -1.19. The molecule has 0 aliphatic carbocycles. The van der Waals surface area contributed by atoms with Gasteiger partial charge < -0.3 is 9.47 Å². The number of hydrogen-bond donors (Lipinski definition) is 0. The van der Waals surface area contributed by atoms with E-state index < -0.39 is 0 Å². The largest absolute Gasteiger partial charge is 0.381 e. The van der Waals surface area contributed by atoms with Crippen LogP contribution in [-0.2, 0) is 20.9 Å². The summed E-state index contributed by atoms with van der Waals surface area (Å²) in [6.07, 6.45) is 1.19. The zero-order valence-corrected chi connectivity index (χ0v) is 10.5. The van der Waals surface area contributed by atoms with E-state index in [2.05, 4.69) is 0 Å². The lowest BCUT2D eigenvalue weighted by atomic mass is 10.1. The predicted molar refractivity (Wildman–Crippen MR) is 80.3 cm³/mol. The van der Waals surface area contributed by atoms with Crippen LogP contribution in [0.4, 0.5) is 0 Å². The summed E-state index contributed by atoms with van der Waals surface area (Å²) in [5.74, 6) is 0.153.